The minimum Gasteiger partial charge on any atom is -0.491 e. The molecule has 122 valence electrons. The Labute approximate surface area is 134 Å². The van der Waals surface area contributed by atoms with E-state index in [4.69, 9.17) is 4.74 Å². The van der Waals surface area contributed by atoms with Crippen LogP contribution in [0.5, 0.6) is 5.75 Å². The third kappa shape index (κ3) is 5.07. The van der Waals surface area contributed by atoms with Crippen LogP contribution in [0.3, 0.4) is 0 Å². The molecule has 0 fully saturated rings. The van der Waals surface area contributed by atoms with E-state index >= 15 is 0 Å². The van der Waals surface area contributed by atoms with Crippen LogP contribution in [0.1, 0.15) is 21.5 Å². The number of aliphatic hydroxyl groups is 1. The zero-order valence-electron chi connectivity index (χ0n) is 13.2. The van der Waals surface area contributed by atoms with Crippen molar-refractivity contribution in [2.75, 3.05) is 13.2 Å². The lowest BCUT2D eigenvalue weighted by molar-refractivity contribution is 0.0843. The quantitative estimate of drug-likeness (QED) is 0.861. The highest BCUT2D eigenvalue weighted by atomic mass is 19.1. The summed E-state index contributed by atoms with van der Waals surface area (Å²) in [6, 6.07) is 11.7. The second-order valence-corrected chi connectivity index (χ2v) is 5.46. The molecule has 0 aromatic heterocycles. The highest BCUT2D eigenvalue weighted by Gasteiger charge is 2.11. The summed E-state index contributed by atoms with van der Waals surface area (Å²) in [4.78, 5) is 11.9. The Morgan fingerprint density at radius 2 is 2.04 bits per heavy atom. The largest absolute Gasteiger partial charge is 0.491 e. The van der Waals surface area contributed by atoms with Crippen molar-refractivity contribution < 1.29 is 19.0 Å². The first-order valence-corrected chi connectivity index (χ1v) is 7.37. The number of hydrogen-bond donors (Lipinski definition) is 2. The normalized spacial score (nSPS) is 11.8. The van der Waals surface area contributed by atoms with Crippen molar-refractivity contribution in [2.24, 2.45) is 0 Å². The van der Waals surface area contributed by atoms with Gasteiger partial charge in [0.2, 0.25) is 0 Å². The molecule has 0 saturated carbocycles. The van der Waals surface area contributed by atoms with Crippen molar-refractivity contribution in [2.45, 2.75) is 20.0 Å². The Morgan fingerprint density at radius 3 is 2.74 bits per heavy atom. The number of halogens is 1. The Bertz CT molecular complexity index is 688. The molecule has 2 aromatic carbocycles. The van der Waals surface area contributed by atoms with Gasteiger partial charge in [-0.15, -0.1) is 0 Å². The van der Waals surface area contributed by atoms with Gasteiger partial charge in [-0.1, -0.05) is 18.2 Å². The van der Waals surface area contributed by atoms with Crippen molar-refractivity contribution in [3.63, 3.8) is 0 Å². The number of amides is 1. The highest BCUT2D eigenvalue weighted by molar-refractivity contribution is 5.94. The summed E-state index contributed by atoms with van der Waals surface area (Å²) < 4.78 is 18.9. The molecule has 0 aliphatic carbocycles. The zero-order chi connectivity index (χ0) is 16.8. The zero-order valence-corrected chi connectivity index (χ0v) is 13.2. The van der Waals surface area contributed by atoms with E-state index in [0.29, 0.717) is 11.3 Å². The van der Waals surface area contributed by atoms with E-state index in [1.165, 1.54) is 6.07 Å². The fourth-order valence-electron chi connectivity index (χ4n) is 2.00. The number of carbonyl (C=O) groups excluding carboxylic acids is 1. The molecular weight excluding hydrogens is 297 g/mol. The van der Waals surface area contributed by atoms with Crippen LogP contribution in [-0.2, 0) is 0 Å². The van der Waals surface area contributed by atoms with Gasteiger partial charge in [-0.05, 0) is 49.2 Å². The van der Waals surface area contributed by atoms with Gasteiger partial charge in [0.05, 0.1) is 0 Å². The molecule has 0 aliphatic rings. The van der Waals surface area contributed by atoms with Gasteiger partial charge in [0.15, 0.2) is 0 Å². The SMILES string of the molecule is Cc1cccc(OC[C@@H](O)CNC(=O)c2ccc(C)c(F)c2)c1. The molecule has 0 unspecified atom stereocenters. The molecule has 2 N–H and O–H groups in total. The second kappa shape index (κ2) is 7.74. The Balaban J connectivity index is 1.80. The molecule has 2 aromatic rings. The minimum atomic E-state index is -0.852. The molecule has 0 spiro atoms. The van der Waals surface area contributed by atoms with Crippen LogP contribution in [0.15, 0.2) is 42.5 Å². The Kier molecular flexibility index (Phi) is 5.71. The molecule has 1 atom stereocenters. The Morgan fingerprint density at radius 1 is 1.26 bits per heavy atom. The van der Waals surface area contributed by atoms with E-state index in [1.807, 2.05) is 25.1 Å². The third-order valence-electron chi connectivity index (χ3n) is 3.36. The maximum Gasteiger partial charge on any atom is 0.251 e. The highest BCUT2D eigenvalue weighted by Crippen LogP contribution is 2.12. The van der Waals surface area contributed by atoms with Crippen LogP contribution in [0.2, 0.25) is 0 Å². The number of ether oxygens (including phenoxy) is 1. The van der Waals surface area contributed by atoms with Crippen LogP contribution in [-0.4, -0.2) is 30.3 Å². The number of aliphatic hydroxyl groups excluding tert-OH is 1. The average molecular weight is 317 g/mol. The second-order valence-electron chi connectivity index (χ2n) is 5.46. The third-order valence-corrected chi connectivity index (χ3v) is 3.36. The van der Waals surface area contributed by atoms with Crippen molar-refractivity contribution in [3.05, 3.63) is 65.0 Å². The van der Waals surface area contributed by atoms with E-state index in [-0.39, 0.29) is 18.7 Å². The first-order valence-electron chi connectivity index (χ1n) is 7.37. The number of rotatable bonds is 6. The maximum absolute atomic E-state index is 13.4. The first-order chi connectivity index (χ1) is 11.0. The fourth-order valence-corrected chi connectivity index (χ4v) is 2.00. The summed E-state index contributed by atoms with van der Waals surface area (Å²) in [6.07, 6.45) is -0.852. The van der Waals surface area contributed by atoms with Gasteiger partial charge in [0.1, 0.15) is 24.3 Å². The van der Waals surface area contributed by atoms with Crippen molar-refractivity contribution in [1.29, 1.82) is 0 Å². The van der Waals surface area contributed by atoms with Gasteiger partial charge in [-0.3, -0.25) is 4.79 Å². The number of hydrogen-bond acceptors (Lipinski definition) is 3. The van der Waals surface area contributed by atoms with E-state index < -0.39 is 17.8 Å². The number of carbonyl (C=O) groups is 1. The average Bonchev–Trinajstić information content (AvgIpc) is 2.53. The lowest BCUT2D eigenvalue weighted by Crippen LogP contribution is -2.35. The van der Waals surface area contributed by atoms with Gasteiger partial charge >= 0.3 is 0 Å². The molecule has 5 heteroatoms. The standard InChI is InChI=1S/C18H20FNO3/c1-12-4-3-5-16(8-12)23-11-15(21)10-20-18(22)14-7-6-13(2)17(19)9-14/h3-9,15,21H,10-11H2,1-2H3,(H,20,22)/t15-/m0/s1. The first kappa shape index (κ1) is 17.0. The molecule has 4 nitrogen and oxygen atoms in total. The summed E-state index contributed by atoms with van der Waals surface area (Å²) in [5, 5.41) is 12.4. The molecule has 0 saturated heterocycles. The van der Waals surface area contributed by atoms with Gasteiger partial charge in [0.25, 0.3) is 5.91 Å². The minimum absolute atomic E-state index is 0.0279. The summed E-state index contributed by atoms with van der Waals surface area (Å²) in [7, 11) is 0. The predicted octanol–water partition coefficient (Wildman–Crippen LogP) is 2.61. The smallest absolute Gasteiger partial charge is 0.251 e. The topological polar surface area (TPSA) is 58.6 Å². The maximum atomic E-state index is 13.4. The predicted molar refractivity (Wildman–Crippen MR) is 86.2 cm³/mol. The van der Waals surface area contributed by atoms with Gasteiger partial charge in [0, 0.05) is 12.1 Å². The molecule has 0 bridgehead atoms. The van der Waals surface area contributed by atoms with E-state index in [1.54, 1.807) is 25.1 Å². The van der Waals surface area contributed by atoms with E-state index in [9.17, 15) is 14.3 Å². The van der Waals surface area contributed by atoms with Crippen LogP contribution in [0.4, 0.5) is 4.39 Å². The van der Waals surface area contributed by atoms with Crippen molar-refractivity contribution in [1.82, 2.24) is 5.32 Å². The number of aryl methyl sites for hydroxylation is 2. The van der Waals surface area contributed by atoms with Crippen LogP contribution < -0.4 is 10.1 Å². The lowest BCUT2D eigenvalue weighted by atomic mass is 10.1. The van der Waals surface area contributed by atoms with Crippen molar-refractivity contribution in [3.8, 4) is 5.75 Å². The molecule has 0 aliphatic heterocycles. The van der Waals surface area contributed by atoms with Gasteiger partial charge < -0.3 is 15.2 Å². The van der Waals surface area contributed by atoms with Gasteiger partial charge in [-0.2, -0.15) is 0 Å². The lowest BCUT2D eigenvalue weighted by Gasteiger charge is -2.14. The van der Waals surface area contributed by atoms with E-state index in [0.717, 1.165) is 5.56 Å². The summed E-state index contributed by atoms with van der Waals surface area (Å²) >= 11 is 0. The molecule has 1 amide bonds. The monoisotopic (exact) mass is 317 g/mol. The molecular formula is C18H20FNO3. The van der Waals surface area contributed by atoms with Crippen LogP contribution >= 0.6 is 0 Å². The molecule has 0 radical (unpaired) electrons. The molecule has 2 rings (SSSR count). The summed E-state index contributed by atoms with van der Waals surface area (Å²) in [5.74, 6) is -0.199. The van der Waals surface area contributed by atoms with Gasteiger partial charge in [-0.25, -0.2) is 4.39 Å². The summed E-state index contributed by atoms with van der Waals surface area (Å²) in [5.41, 5.74) is 1.76. The van der Waals surface area contributed by atoms with Crippen LogP contribution in [0, 0.1) is 19.7 Å². The van der Waals surface area contributed by atoms with Crippen molar-refractivity contribution >= 4 is 5.91 Å². The van der Waals surface area contributed by atoms with Crippen LogP contribution in [0.25, 0.3) is 0 Å². The molecule has 0 heterocycles. The number of nitrogens with one attached hydrogen (secondary N) is 1. The van der Waals surface area contributed by atoms with E-state index in [2.05, 4.69) is 5.32 Å². The molecule has 23 heavy (non-hydrogen) atoms. The fraction of sp³-hybridized carbons (Fsp3) is 0.278. The number of benzene rings is 2. The summed E-state index contributed by atoms with van der Waals surface area (Å²) in [6.45, 7) is 3.67. The Hall–Kier alpha value is -2.40.